The van der Waals surface area contributed by atoms with E-state index in [1.54, 1.807) is 0 Å². The van der Waals surface area contributed by atoms with Crippen LogP contribution in [0.3, 0.4) is 0 Å². The van der Waals surface area contributed by atoms with Gasteiger partial charge in [0.15, 0.2) is 0 Å². The molecule has 0 bridgehead atoms. The van der Waals surface area contributed by atoms with Crippen LogP contribution in [0.1, 0.15) is 36.1 Å². The maximum absolute atomic E-state index is 5.07. The molecule has 0 saturated carbocycles. The Labute approximate surface area is 171 Å². The third-order valence-electron chi connectivity index (χ3n) is 4.87. The second-order valence-electron chi connectivity index (χ2n) is 7.69. The molecule has 0 spiro atoms. The maximum atomic E-state index is 5.07. The Morgan fingerprint density at radius 3 is 2.07 bits per heavy atom. The van der Waals surface area contributed by atoms with Gasteiger partial charge in [-0.1, -0.05) is 0 Å². The summed E-state index contributed by atoms with van der Waals surface area (Å²) in [6.45, 7) is 11.1. The molecule has 0 aliphatic heterocycles. The van der Waals surface area contributed by atoms with Crippen molar-refractivity contribution in [2.45, 2.75) is 40.0 Å². The van der Waals surface area contributed by atoms with E-state index in [4.69, 9.17) is 3.50 Å². The summed E-state index contributed by atoms with van der Waals surface area (Å²) in [5, 5.41) is 0. The van der Waals surface area contributed by atoms with E-state index in [1.807, 2.05) is 0 Å². The van der Waals surface area contributed by atoms with Gasteiger partial charge in [0.25, 0.3) is 0 Å². The molecule has 3 aromatic carbocycles. The summed E-state index contributed by atoms with van der Waals surface area (Å²) in [5.74, 6) is 0. The first kappa shape index (κ1) is 19.8. The number of hydrogen-bond donors (Lipinski definition) is 0. The quantitative estimate of drug-likeness (QED) is 0.392. The predicted octanol–water partition coefficient (Wildman–Crippen LogP) is 6.96. The van der Waals surface area contributed by atoms with Crippen LogP contribution in [0.5, 0.6) is 0 Å². The summed E-state index contributed by atoms with van der Waals surface area (Å²) in [5.41, 5.74) is 9.07. The number of aryl methyl sites for hydroxylation is 3. The van der Waals surface area contributed by atoms with E-state index in [9.17, 15) is 0 Å². The summed E-state index contributed by atoms with van der Waals surface area (Å²) in [6.07, 6.45) is 0. The molecule has 2 heteroatoms. The second kappa shape index (κ2) is 8.36. The van der Waals surface area contributed by atoms with E-state index in [1.165, 1.54) is 33.4 Å². The first-order valence-electron chi connectivity index (χ1n) is 9.32. The van der Waals surface area contributed by atoms with Crippen LogP contribution in [0.2, 0.25) is 0 Å². The molecule has 0 radical (unpaired) electrons. The van der Waals surface area contributed by atoms with E-state index in [-0.39, 0.29) is 5.41 Å². The fraction of sp³-hybridized carbons (Fsp3) is 0.240. The van der Waals surface area contributed by atoms with Gasteiger partial charge < -0.3 is 0 Å². The van der Waals surface area contributed by atoms with Gasteiger partial charge in [-0.25, -0.2) is 0 Å². The van der Waals surface area contributed by atoms with Crippen molar-refractivity contribution in [1.29, 1.82) is 0 Å². The Morgan fingerprint density at radius 1 is 0.815 bits per heavy atom. The fourth-order valence-corrected chi connectivity index (χ4v) is 5.30. The normalized spacial score (nSPS) is 11.0. The van der Waals surface area contributed by atoms with Crippen LogP contribution in [-0.4, -0.2) is 4.40 Å². The molecule has 0 amide bonds. The van der Waals surface area contributed by atoms with E-state index in [2.05, 4.69) is 106 Å². The van der Waals surface area contributed by atoms with Crippen molar-refractivity contribution in [1.82, 2.24) is 0 Å². The molecule has 0 atom stereocenters. The van der Waals surface area contributed by atoms with E-state index in [0.29, 0.717) is 0 Å². The molecule has 3 rings (SSSR count). The van der Waals surface area contributed by atoms with Crippen molar-refractivity contribution in [2.24, 2.45) is 3.50 Å². The summed E-state index contributed by atoms with van der Waals surface area (Å²) < 4.78 is 7.50. The minimum atomic E-state index is -0.605. The Balaban J connectivity index is 2.02. The van der Waals surface area contributed by atoms with Gasteiger partial charge in [0.2, 0.25) is 0 Å². The van der Waals surface area contributed by atoms with Gasteiger partial charge in [0.05, 0.1) is 0 Å². The predicted molar refractivity (Wildman–Crippen MR) is 114 cm³/mol. The molecule has 0 heterocycles. The summed E-state index contributed by atoms with van der Waals surface area (Å²) in [4.78, 5) is 0. The van der Waals surface area contributed by atoms with Gasteiger partial charge in [-0.05, 0) is 0 Å². The topological polar surface area (TPSA) is 12.4 Å². The Bertz CT molecular complexity index is 986. The van der Waals surface area contributed by atoms with Gasteiger partial charge in [-0.2, -0.15) is 0 Å². The van der Waals surface area contributed by atoms with Crippen molar-refractivity contribution in [3.8, 4) is 11.1 Å². The van der Waals surface area contributed by atoms with Gasteiger partial charge in [-0.3, -0.25) is 0 Å². The Kier molecular flexibility index (Phi) is 6.12. The first-order valence-corrected chi connectivity index (χ1v) is 11.4. The number of nitrogens with zero attached hydrogens (tertiary/aromatic N) is 1. The van der Waals surface area contributed by atoms with Gasteiger partial charge in [0, 0.05) is 0 Å². The number of benzene rings is 3. The zero-order valence-corrected chi connectivity index (χ0v) is 18.8. The third kappa shape index (κ3) is 4.65. The number of hydrogen-bond acceptors (Lipinski definition) is 1. The van der Waals surface area contributed by atoms with Crippen LogP contribution < -0.4 is 0 Å². The molecule has 0 saturated heterocycles. The zero-order valence-electron chi connectivity index (χ0n) is 16.8. The Hall–Kier alpha value is -1.98. The van der Waals surface area contributed by atoms with Crippen molar-refractivity contribution < 1.29 is 17.9 Å². The minimum absolute atomic E-state index is 0.0532. The monoisotopic (exact) mass is 439 g/mol. The molecule has 0 N–H and O–H groups in total. The average molecular weight is 437 g/mol. The molecule has 0 fully saturated rings. The first-order chi connectivity index (χ1) is 12.9. The average Bonchev–Trinajstić information content (AvgIpc) is 2.63. The van der Waals surface area contributed by atoms with Gasteiger partial charge in [0.1, 0.15) is 0 Å². The molecular weight excluding hydrogens is 410 g/mol. The van der Waals surface area contributed by atoms with Gasteiger partial charge >= 0.3 is 172 Å². The van der Waals surface area contributed by atoms with Crippen molar-refractivity contribution >= 4 is 10.1 Å². The SMILES string of the molecule is Cc1cc(C)c(-c2ccccc2[N]=[Mo+2]=[CH]C(C)(C)c2ccccc2)c(C)c1. The van der Waals surface area contributed by atoms with Crippen LogP contribution in [-0.2, 0) is 23.3 Å². The second-order valence-corrected chi connectivity index (χ2v) is 9.24. The standard InChI is InChI=1S/C15H15N.C10H12.Mo/c1-10-8-11(2)15(12(3)9-10)13-6-4-5-7-14(13)16;1-10(2,3)9-7-5-4-6-8-9;/h4-9H,1-3H3;1,4-8H,2-3H3;/q;;+2. The van der Waals surface area contributed by atoms with Crippen molar-refractivity contribution in [2.75, 3.05) is 0 Å². The van der Waals surface area contributed by atoms with E-state index >= 15 is 0 Å². The van der Waals surface area contributed by atoms with Crippen LogP contribution >= 0.6 is 0 Å². The van der Waals surface area contributed by atoms with Crippen LogP contribution in [0.15, 0.2) is 70.2 Å². The molecular formula is C25H27MoN+2. The molecule has 3 aromatic rings. The summed E-state index contributed by atoms with van der Waals surface area (Å²) >= 11 is -0.605. The molecule has 27 heavy (non-hydrogen) atoms. The molecule has 0 aliphatic carbocycles. The van der Waals surface area contributed by atoms with Crippen LogP contribution in [0, 0.1) is 20.8 Å². The molecule has 0 aromatic heterocycles. The third-order valence-corrected chi connectivity index (χ3v) is 7.32. The molecule has 0 aliphatic rings. The van der Waals surface area contributed by atoms with E-state index < -0.39 is 17.9 Å². The van der Waals surface area contributed by atoms with Crippen molar-refractivity contribution in [3.05, 3.63) is 89.0 Å². The molecule has 0 unspecified atom stereocenters. The summed E-state index contributed by atoms with van der Waals surface area (Å²) in [7, 11) is 0. The summed E-state index contributed by atoms with van der Waals surface area (Å²) in [6, 6.07) is 23.8. The fourth-order valence-electron chi connectivity index (χ4n) is 3.52. The van der Waals surface area contributed by atoms with Crippen LogP contribution in [0.4, 0.5) is 5.69 Å². The van der Waals surface area contributed by atoms with Crippen LogP contribution in [0.25, 0.3) is 11.1 Å². The number of rotatable bonds is 4. The molecule has 1 nitrogen and oxygen atoms in total. The zero-order chi connectivity index (χ0) is 19.4. The van der Waals surface area contributed by atoms with Crippen molar-refractivity contribution in [3.63, 3.8) is 0 Å². The molecule has 136 valence electrons. The van der Waals surface area contributed by atoms with Gasteiger partial charge in [-0.15, -0.1) is 0 Å². The Morgan fingerprint density at radius 2 is 1.41 bits per heavy atom. The van der Waals surface area contributed by atoms with E-state index in [0.717, 1.165) is 5.69 Å².